The van der Waals surface area contributed by atoms with Crippen molar-refractivity contribution >= 4 is 6.08 Å². The molecular weight excluding hydrogens is 288 g/mol. The number of ether oxygens (including phenoxy) is 1. The van der Waals surface area contributed by atoms with Gasteiger partial charge in [-0.25, -0.2) is 4.98 Å². The predicted octanol–water partition coefficient (Wildman–Crippen LogP) is 3.10. The van der Waals surface area contributed by atoms with E-state index in [1.54, 1.807) is 18.0 Å². The molecule has 1 aromatic carbocycles. The molecule has 0 bridgehead atoms. The van der Waals surface area contributed by atoms with Gasteiger partial charge in [0, 0.05) is 20.1 Å². The molecule has 1 aromatic heterocycles. The molecule has 0 amide bonds. The molecule has 4 nitrogen and oxygen atoms in total. The first kappa shape index (κ1) is 17.2. The third-order valence-electron chi connectivity index (χ3n) is 3.62. The fraction of sp³-hybridized carbons (Fsp3) is 0.368. The Kier molecular flexibility index (Phi) is 6.29. The topological polar surface area (TPSA) is 44.1 Å². The zero-order chi connectivity index (χ0) is 16.7. The van der Waals surface area contributed by atoms with Crippen molar-refractivity contribution in [2.75, 3.05) is 13.7 Å². The maximum atomic E-state index is 12.7. The van der Waals surface area contributed by atoms with Gasteiger partial charge in [-0.3, -0.25) is 9.36 Å². The number of hydrogen-bond donors (Lipinski definition) is 0. The Labute approximate surface area is 137 Å². The first-order valence-electron chi connectivity index (χ1n) is 7.88. The van der Waals surface area contributed by atoms with Crippen LogP contribution in [0.4, 0.5) is 0 Å². The van der Waals surface area contributed by atoms with E-state index in [4.69, 9.17) is 4.74 Å². The van der Waals surface area contributed by atoms with Crippen LogP contribution in [0.3, 0.4) is 0 Å². The van der Waals surface area contributed by atoms with Crippen LogP contribution in [0.25, 0.3) is 6.08 Å². The highest BCUT2D eigenvalue weighted by atomic mass is 16.5. The Hall–Kier alpha value is -2.20. The lowest BCUT2D eigenvalue weighted by Crippen LogP contribution is -2.26. The van der Waals surface area contributed by atoms with Crippen molar-refractivity contribution in [2.45, 2.75) is 33.2 Å². The van der Waals surface area contributed by atoms with E-state index in [1.165, 1.54) is 5.56 Å². The van der Waals surface area contributed by atoms with E-state index in [9.17, 15) is 4.79 Å². The predicted molar refractivity (Wildman–Crippen MR) is 93.5 cm³/mol. The van der Waals surface area contributed by atoms with E-state index < -0.39 is 0 Å². The summed E-state index contributed by atoms with van der Waals surface area (Å²) in [6.45, 7) is 5.16. The van der Waals surface area contributed by atoms with Crippen molar-refractivity contribution in [3.8, 4) is 0 Å². The van der Waals surface area contributed by atoms with Crippen molar-refractivity contribution < 1.29 is 4.74 Å². The van der Waals surface area contributed by atoms with Gasteiger partial charge in [-0.05, 0) is 31.9 Å². The van der Waals surface area contributed by atoms with Gasteiger partial charge in [0.2, 0.25) is 0 Å². The second-order valence-corrected chi connectivity index (χ2v) is 5.80. The number of nitrogens with zero attached hydrogens (tertiary/aromatic N) is 2. The van der Waals surface area contributed by atoms with Crippen LogP contribution in [0.15, 0.2) is 47.0 Å². The fourth-order valence-corrected chi connectivity index (χ4v) is 2.42. The number of hydrogen-bond acceptors (Lipinski definition) is 3. The maximum Gasteiger partial charge on any atom is 0.260 e. The van der Waals surface area contributed by atoms with Crippen molar-refractivity contribution in [3.05, 3.63) is 69.4 Å². The molecule has 0 radical (unpaired) electrons. The highest BCUT2D eigenvalue weighted by Crippen LogP contribution is 2.08. The van der Waals surface area contributed by atoms with Crippen molar-refractivity contribution in [2.24, 2.45) is 0 Å². The molecule has 0 saturated carbocycles. The average molecular weight is 312 g/mol. The third-order valence-corrected chi connectivity index (χ3v) is 3.62. The van der Waals surface area contributed by atoms with E-state index in [-0.39, 0.29) is 5.56 Å². The summed E-state index contributed by atoms with van der Waals surface area (Å²) in [5.41, 5.74) is 3.80. The zero-order valence-electron chi connectivity index (χ0n) is 14.1. The lowest BCUT2D eigenvalue weighted by molar-refractivity contribution is 0.201. The first-order valence-corrected chi connectivity index (χ1v) is 7.88. The molecule has 0 aliphatic heterocycles. The van der Waals surface area contributed by atoms with Gasteiger partial charge in [-0.1, -0.05) is 35.9 Å². The number of aromatic nitrogens is 2. The highest BCUT2D eigenvalue weighted by Gasteiger charge is 2.10. The summed E-state index contributed by atoms with van der Waals surface area (Å²) in [6.07, 6.45) is 5.02. The van der Waals surface area contributed by atoms with Gasteiger partial charge >= 0.3 is 0 Å². The Morgan fingerprint density at radius 2 is 1.96 bits per heavy atom. The standard InChI is InChI=1S/C19H24N2O2/c1-15(2)13-17-18(10-12-23-3)20-14-21(19(17)22)11-9-16-7-5-4-6-8-16/h4-8,13-14H,9-12H2,1-3H3. The summed E-state index contributed by atoms with van der Waals surface area (Å²) in [5.74, 6) is 0. The smallest absolute Gasteiger partial charge is 0.260 e. The van der Waals surface area contributed by atoms with E-state index in [0.29, 0.717) is 25.1 Å². The zero-order valence-corrected chi connectivity index (χ0v) is 14.1. The lowest BCUT2D eigenvalue weighted by atomic mass is 10.1. The molecule has 0 unspecified atom stereocenters. The number of benzene rings is 1. The molecule has 0 saturated heterocycles. The largest absolute Gasteiger partial charge is 0.384 e. The SMILES string of the molecule is COCCc1ncn(CCc2ccccc2)c(=O)c1C=C(C)C. The number of methoxy groups -OCH3 is 1. The first-order chi connectivity index (χ1) is 11.1. The fourth-order valence-electron chi connectivity index (χ4n) is 2.42. The average Bonchev–Trinajstić information content (AvgIpc) is 2.55. The monoisotopic (exact) mass is 312 g/mol. The van der Waals surface area contributed by atoms with Crippen molar-refractivity contribution in [3.63, 3.8) is 0 Å². The van der Waals surface area contributed by atoms with Gasteiger partial charge in [-0.2, -0.15) is 0 Å². The highest BCUT2D eigenvalue weighted by molar-refractivity contribution is 5.53. The summed E-state index contributed by atoms with van der Waals surface area (Å²) in [5, 5.41) is 0. The van der Waals surface area contributed by atoms with Crippen LogP contribution >= 0.6 is 0 Å². The minimum Gasteiger partial charge on any atom is -0.384 e. The lowest BCUT2D eigenvalue weighted by Gasteiger charge is -2.10. The summed E-state index contributed by atoms with van der Waals surface area (Å²) in [7, 11) is 1.65. The summed E-state index contributed by atoms with van der Waals surface area (Å²) in [6, 6.07) is 10.2. The Bertz CT molecular complexity index is 714. The Morgan fingerprint density at radius 3 is 2.61 bits per heavy atom. The second kappa shape index (κ2) is 8.44. The van der Waals surface area contributed by atoms with E-state index in [2.05, 4.69) is 17.1 Å². The molecule has 0 N–H and O–H groups in total. The van der Waals surface area contributed by atoms with E-state index in [1.807, 2.05) is 38.1 Å². The normalized spacial score (nSPS) is 10.6. The molecule has 0 spiro atoms. The van der Waals surface area contributed by atoms with E-state index in [0.717, 1.165) is 17.7 Å². The van der Waals surface area contributed by atoms with Crippen LogP contribution in [0.5, 0.6) is 0 Å². The van der Waals surface area contributed by atoms with Crippen LogP contribution in [0, 0.1) is 0 Å². The van der Waals surface area contributed by atoms with Crippen LogP contribution in [0.2, 0.25) is 0 Å². The molecule has 4 heteroatoms. The molecule has 122 valence electrons. The van der Waals surface area contributed by atoms with Crippen LogP contribution in [-0.2, 0) is 24.1 Å². The van der Waals surface area contributed by atoms with Gasteiger partial charge in [0.1, 0.15) is 0 Å². The summed E-state index contributed by atoms with van der Waals surface area (Å²) < 4.78 is 6.80. The molecule has 0 fully saturated rings. The summed E-state index contributed by atoms with van der Waals surface area (Å²) in [4.78, 5) is 17.2. The van der Waals surface area contributed by atoms with Crippen molar-refractivity contribution in [1.29, 1.82) is 0 Å². The van der Waals surface area contributed by atoms with Crippen LogP contribution in [-0.4, -0.2) is 23.3 Å². The number of rotatable bonds is 7. The molecule has 0 atom stereocenters. The third kappa shape index (κ3) is 4.89. The van der Waals surface area contributed by atoms with Crippen LogP contribution in [0.1, 0.15) is 30.7 Å². The van der Waals surface area contributed by atoms with Gasteiger partial charge in [-0.15, -0.1) is 0 Å². The minimum atomic E-state index is 0.0169. The minimum absolute atomic E-state index is 0.0169. The molecule has 2 rings (SSSR count). The van der Waals surface area contributed by atoms with Crippen LogP contribution < -0.4 is 5.56 Å². The van der Waals surface area contributed by atoms with E-state index >= 15 is 0 Å². The number of allylic oxidation sites excluding steroid dienone is 1. The molecule has 1 heterocycles. The molecule has 0 aliphatic carbocycles. The molecule has 23 heavy (non-hydrogen) atoms. The van der Waals surface area contributed by atoms with Gasteiger partial charge in [0.05, 0.1) is 24.2 Å². The molecule has 2 aromatic rings. The maximum absolute atomic E-state index is 12.7. The quantitative estimate of drug-likeness (QED) is 0.789. The van der Waals surface area contributed by atoms with Gasteiger partial charge in [0.15, 0.2) is 0 Å². The van der Waals surface area contributed by atoms with Gasteiger partial charge in [0.25, 0.3) is 5.56 Å². The van der Waals surface area contributed by atoms with Gasteiger partial charge < -0.3 is 4.74 Å². The Balaban J connectivity index is 2.27. The number of aryl methyl sites for hydroxylation is 2. The molecular formula is C19H24N2O2. The molecule has 0 aliphatic rings. The summed E-state index contributed by atoms with van der Waals surface area (Å²) >= 11 is 0. The Morgan fingerprint density at radius 1 is 1.22 bits per heavy atom. The second-order valence-electron chi connectivity index (χ2n) is 5.80. The van der Waals surface area contributed by atoms with Crippen molar-refractivity contribution in [1.82, 2.24) is 9.55 Å².